The molecule has 2 amide bonds. The molecule has 1 saturated heterocycles. The molecule has 1 N–H and O–H groups in total. The molecule has 132 valence electrons. The molecule has 0 aliphatic carbocycles. The maximum Gasteiger partial charge on any atom is 0.227 e. The number of methoxy groups -OCH3 is 2. The topological polar surface area (TPSA) is 67.9 Å². The lowest BCUT2D eigenvalue weighted by molar-refractivity contribution is -0.126. The summed E-state index contributed by atoms with van der Waals surface area (Å²) in [4.78, 5) is 26.4. The lowest BCUT2D eigenvalue weighted by Crippen LogP contribution is -2.38. The van der Waals surface area contributed by atoms with Crippen LogP contribution in [0.3, 0.4) is 0 Å². The maximum absolute atomic E-state index is 12.4. The van der Waals surface area contributed by atoms with Gasteiger partial charge in [0.05, 0.1) is 25.8 Å². The van der Waals surface area contributed by atoms with E-state index in [2.05, 4.69) is 12.2 Å². The molecule has 0 aromatic heterocycles. The lowest BCUT2D eigenvalue weighted by atomic mass is 10.1. The minimum Gasteiger partial charge on any atom is -0.497 e. The highest BCUT2D eigenvalue weighted by molar-refractivity contribution is 6.01. The first kappa shape index (κ1) is 18.1. The van der Waals surface area contributed by atoms with Gasteiger partial charge >= 0.3 is 0 Å². The SMILES string of the molecule is CCC[C@H](C)NC(=O)[C@@H]1CC(=O)N(c2ccc(OC)cc2OC)C1. The van der Waals surface area contributed by atoms with Crippen molar-refractivity contribution >= 4 is 17.5 Å². The molecule has 0 saturated carbocycles. The second-order valence-corrected chi connectivity index (χ2v) is 6.14. The van der Waals surface area contributed by atoms with Crippen LogP contribution in [0.15, 0.2) is 18.2 Å². The minimum absolute atomic E-state index is 0.0562. The van der Waals surface area contributed by atoms with Gasteiger partial charge in [0, 0.05) is 25.1 Å². The monoisotopic (exact) mass is 334 g/mol. The minimum atomic E-state index is -0.330. The molecule has 24 heavy (non-hydrogen) atoms. The van der Waals surface area contributed by atoms with Gasteiger partial charge in [-0.1, -0.05) is 13.3 Å². The Kier molecular flexibility index (Phi) is 6.06. The summed E-state index contributed by atoms with van der Waals surface area (Å²) < 4.78 is 10.5. The first-order valence-electron chi connectivity index (χ1n) is 8.32. The van der Waals surface area contributed by atoms with Gasteiger partial charge in [-0.2, -0.15) is 0 Å². The van der Waals surface area contributed by atoms with Gasteiger partial charge in [-0.15, -0.1) is 0 Å². The van der Waals surface area contributed by atoms with Crippen molar-refractivity contribution in [1.29, 1.82) is 0 Å². The van der Waals surface area contributed by atoms with Crippen LogP contribution < -0.4 is 19.7 Å². The van der Waals surface area contributed by atoms with Gasteiger partial charge in [0.15, 0.2) is 0 Å². The maximum atomic E-state index is 12.4. The zero-order valence-corrected chi connectivity index (χ0v) is 14.8. The fourth-order valence-electron chi connectivity index (χ4n) is 2.99. The van der Waals surface area contributed by atoms with Crippen molar-refractivity contribution in [1.82, 2.24) is 5.32 Å². The Labute approximate surface area is 143 Å². The molecule has 1 fully saturated rings. The van der Waals surface area contributed by atoms with E-state index in [4.69, 9.17) is 9.47 Å². The third kappa shape index (κ3) is 3.99. The molecule has 1 aromatic carbocycles. The van der Waals surface area contributed by atoms with E-state index in [1.807, 2.05) is 6.92 Å². The molecule has 0 bridgehead atoms. The molecule has 1 aliphatic heterocycles. The van der Waals surface area contributed by atoms with Gasteiger partial charge in [-0.05, 0) is 25.5 Å². The number of nitrogens with zero attached hydrogens (tertiary/aromatic N) is 1. The second kappa shape index (κ2) is 8.04. The van der Waals surface area contributed by atoms with Crippen molar-refractivity contribution in [2.24, 2.45) is 5.92 Å². The second-order valence-electron chi connectivity index (χ2n) is 6.14. The summed E-state index contributed by atoms with van der Waals surface area (Å²) in [6, 6.07) is 5.43. The molecule has 0 unspecified atom stereocenters. The number of carbonyl (C=O) groups is 2. The van der Waals surface area contributed by atoms with Gasteiger partial charge in [0.1, 0.15) is 11.5 Å². The standard InChI is InChI=1S/C18H26N2O4/c1-5-6-12(2)19-18(22)13-9-17(21)20(11-13)15-8-7-14(23-3)10-16(15)24-4/h7-8,10,12-13H,5-6,9,11H2,1-4H3,(H,19,22)/t12-,13+/m0/s1. The van der Waals surface area contributed by atoms with Crippen molar-refractivity contribution in [3.8, 4) is 11.5 Å². The summed E-state index contributed by atoms with van der Waals surface area (Å²) in [5.74, 6) is 0.762. The molecule has 0 radical (unpaired) electrons. The van der Waals surface area contributed by atoms with Crippen molar-refractivity contribution in [3.05, 3.63) is 18.2 Å². The van der Waals surface area contributed by atoms with E-state index in [1.54, 1.807) is 37.3 Å². The highest BCUT2D eigenvalue weighted by Gasteiger charge is 2.36. The highest BCUT2D eigenvalue weighted by atomic mass is 16.5. The van der Waals surface area contributed by atoms with Crippen LogP contribution in [0.2, 0.25) is 0 Å². The molecule has 6 heteroatoms. The predicted octanol–water partition coefficient (Wildman–Crippen LogP) is 2.36. The number of anilines is 1. The van der Waals surface area contributed by atoms with Gasteiger partial charge in [0.2, 0.25) is 11.8 Å². The average Bonchev–Trinajstić information content (AvgIpc) is 2.96. The van der Waals surface area contributed by atoms with E-state index in [1.165, 1.54) is 0 Å². The third-order valence-corrected chi connectivity index (χ3v) is 4.28. The molecule has 6 nitrogen and oxygen atoms in total. The summed E-state index contributed by atoms with van der Waals surface area (Å²) in [7, 11) is 3.13. The fraction of sp³-hybridized carbons (Fsp3) is 0.556. The van der Waals surface area contributed by atoms with Crippen LogP contribution >= 0.6 is 0 Å². The van der Waals surface area contributed by atoms with Crippen LogP contribution in [0.25, 0.3) is 0 Å². The Morgan fingerprint density at radius 3 is 2.75 bits per heavy atom. The van der Waals surface area contributed by atoms with Gasteiger partial charge < -0.3 is 19.7 Å². The van der Waals surface area contributed by atoms with Crippen molar-refractivity contribution in [2.45, 2.75) is 39.2 Å². The lowest BCUT2D eigenvalue weighted by Gasteiger charge is -2.20. The highest BCUT2D eigenvalue weighted by Crippen LogP contribution is 2.35. The summed E-state index contributed by atoms with van der Waals surface area (Å²) in [6.07, 6.45) is 2.17. The number of hydrogen-bond donors (Lipinski definition) is 1. The van der Waals surface area contributed by atoms with Crippen LogP contribution in [-0.4, -0.2) is 38.6 Å². The molecule has 0 spiro atoms. The number of benzene rings is 1. The van der Waals surface area contributed by atoms with E-state index in [0.29, 0.717) is 23.7 Å². The Bertz CT molecular complexity index is 603. The Morgan fingerprint density at radius 2 is 2.12 bits per heavy atom. The number of nitrogens with one attached hydrogen (secondary N) is 1. The van der Waals surface area contributed by atoms with Gasteiger partial charge in [-0.3, -0.25) is 9.59 Å². The number of rotatable bonds is 7. The Balaban J connectivity index is 2.11. The molecule has 1 aliphatic rings. The quantitative estimate of drug-likeness (QED) is 0.831. The predicted molar refractivity (Wildman–Crippen MR) is 92.5 cm³/mol. The molecule has 1 aromatic rings. The summed E-state index contributed by atoms with van der Waals surface area (Å²) in [5, 5.41) is 2.99. The Morgan fingerprint density at radius 1 is 1.38 bits per heavy atom. The largest absolute Gasteiger partial charge is 0.497 e. The zero-order chi connectivity index (χ0) is 17.7. The summed E-state index contributed by atoms with van der Waals surface area (Å²) in [6.45, 7) is 4.44. The van der Waals surface area contributed by atoms with E-state index < -0.39 is 0 Å². The summed E-state index contributed by atoms with van der Waals surface area (Å²) in [5.41, 5.74) is 0.667. The molecule has 2 atom stereocenters. The smallest absolute Gasteiger partial charge is 0.227 e. The molecular weight excluding hydrogens is 308 g/mol. The Hall–Kier alpha value is -2.24. The van der Waals surface area contributed by atoms with Gasteiger partial charge in [-0.25, -0.2) is 0 Å². The van der Waals surface area contributed by atoms with Crippen molar-refractivity contribution < 1.29 is 19.1 Å². The van der Waals surface area contributed by atoms with Crippen LogP contribution in [0.4, 0.5) is 5.69 Å². The number of hydrogen-bond acceptors (Lipinski definition) is 4. The fourth-order valence-corrected chi connectivity index (χ4v) is 2.99. The van der Waals surface area contributed by atoms with E-state index in [9.17, 15) is 9.59 Å². The molecule has 1 heterocycles. The van der Waals surface area contributed by atoms with E-state index in [-0.39, 0.29) is 30.2 Å². The van der Waals surface area contributed by atoms with Crippen LogP contribution in [0.5, 0.6) is 11.5 Å². The first-order valence-corrected chi connectivity index (χ1v) is 8.32. The average molecular weight is 334 g/mol. The third-order valence-electron chi connectivity index (χ3n) is 4.28. The van der Waals surface area contributed by atoms with Crippen LogP contribution in [0, 0.1) is 5.92 Å². The van der Waals surface area contributed by atoms with Crippen molar-refractivity contribution in [2.75, 3.05) is 25.7 Å². The van der Waals surface area contributed by atoms with Crippen LogP contribution in [-0.2, 0) is 9.59 Å². The number of ether oxygens (including phenoxy) is 2. The zero-order valence-electron chi connectivity index (χ0n) is 14.8. The van der Waals surface area contributed by atoms with Gasteiger partial charge in [0.25, 0.3) is 0 Å². The normalized spacial score (nSPS) is 18.4. The molecule has 2 rings (SSSR count). The van der Waals surface area contributed by atoms with Crippen molar-refractivity contribution in [3.63, 3.8) is 0 Å². The molecular formula is C18H26N2O4. The first-order chi connectivity index (χ1) is 11.5. The van der Waals surface area contributed by atoms with E-state index >= 15 is 0 Å². The summed E-state index contributed by atoms with van der Waals surface area (Å²) >= 11 is 0. The number of amides is 2. The number of carbonyl (C=O) groups excluding carboxylic acids is 2. The van der Waals surface area contributed by atoms with Crippen LogP contribution in [0.1, 0.15) is 33.1 Å². The van der Waals surface area contributed by atoms with E-state index in [0.717, 1.165) is 12.8 Å².